The summed E-state index contributed by atoms with van der Waals surface area (Å²) in [5.41, 5.74) is 0. The van der Waals surface area contributed by atoms with E-state index in [4.69, 9.17) is 0 Å². The predicted octanol–water partition coefficient (Wildman–Crippen LogP) is 22.7. The minimum atomic E-state index is -1.15. The third kappa shape index (κ3) is 47.9. The molecule has 1 heteroatoms. The summed E-state index contributed by atoms with van der Waals surface area (Å²) in [4.78, 5) is 0. The van der Waals surface area contributed by atoms with E-state index in [0.717, 1.165) is 0 Å². The molecular weight excluding hydrogens is 740 g/mol. The zero-order valence-corrected chi connectivity index (χ0v) is 44.4. The van der Waals surface area contributed by atoms with Crippen LogP contribution < -0.4 is 0 Å². The summed E-state index contributed by atoms with van der Waals surface area (Å²) in [6.07, 6.45) is 82.9. The molecule has 0 aliphatic carbocycles. The second kappa shape index (κ2) is 53.8. The van der Waals surface area contributed by atoms with Crippen LogP contribution in [0.2, 0.25) is 0 Å². The summed E-state index contributed by atoms with van der Waals surface area (Å²) in [6.45, 7) is 9.42. The van der Waals surface area contributed by atoms with Gasteiger partial charge in [-0.1, -0.05) is 117 Å². The Hall–Kier alpha value is 0.430. The average molecular weight is 864 g/mol. The van der Waals surface area contributed by atoms with Crippen molar-refractivity contribution in [3.05, 3.63) is 0 Å². The van der Waals surface area contributed by atoms with Gasteiger partial charge in [-0.3, -0.25) is 0 Å². The first-order chi connectivity index (χ1) is 29.7. The van der Waals surface area contributed by atoms with Gasteiger partial charge in [0, 0.05) is 0 Å². The van der Waals surface area contributed by atoms with Crippen LogP contribution in [0.15, 0.2) is 0 Å². The van der Waals surface area contributed by atoms with Gasteiger partial charge in [-0.15, -0.1) is 0 Å². The molecule has 0 N–H and O–H groups in total. The van der Waals surface area contributed by atoms with E-state index >= 15 is 0 Å². The summed E-state index contributed by atoms with van der Waals surface area (Å²) in [6, 6.07) is 0. The van der Waals surface area contributed by atoms with E-state index in [-0.39, 0.29) is 0 Å². The molecule has 364 valence electrons. The summed E-state index contributed by atoms with van der Waals surface area (Å²) in [5.74, 6) is 0. The first-order valence-corrected chi connectivity index (χ1v) is 32.6. The average Bonchev–Trinajstić information content (AvgIpc) is 3.26. The first kappa shape index (κ1) is 60.4. The normalized spacial score (nSPS) is 12.3. The fourth-order valence-electron chi connectivity index (χ4n) is 10.6. The van der Waals surface area contributed by atoms with Crippen molar-refractivity contribution < 1.29 is 0 Å². The molecule has 0 aliphatic heterocycles. The summed E-state index contributed by atoms with van der Waals surface area (Å²) >= 11 is 0. The number of hydrogen-bond donors (Lipinski definition) is 0. The van der Waals surface area contributed by atoms with Gasteiger partial charge < -0.3 is 0 Å². The van der Waals surface area contributed by atoms with E-state index in [2.05, 4.69) is 27.7 Å². The Morgan fingerprint density at radius 2 is 0.233 bits per heavy atom. The van der Waals surface area contributed by atoms with E-state index in [1.54, 1.807) is 69.6 Å². The molecule has 60 heavy (non-hydrogen) atoms. The fourth-order valence-corrected chi connectivity index (χ4v) is 16.1. The van der Waals surface area contributed by atoms with Gasteiger partial charge in [-0.2, -0.15) is 0 Å². The van der Waals surface area contributed by atoms with Crippen LogP contribution >= 0.6 is 7.26 Å². The molecule has 0 saturated heterocycles. The molecule has 0 aromatic heterocycles. The van der Waals surface area contributed by atoms with Gasteiger partial charge in [0.05, 0.1) is 0 Å². The first-order valence-electron chi connectivity index (χ1n) is 29.7. The second-order valence-electron chi connectivity index (χ2n) is 21.1. The van der Waals surface area contributed by atoms with E-state index in [9.17, 15) is 0 Å². The smallest absolute Gasteiger partial charge is 0.0654 e. The van der Waals surface area contributed by atoms with Crippen molar-refractivity contribution >= 4 is 7.26 Å². The second-order valence-corrected chi connectivity index (χ2v) is 26.1. The standard InChI is InChI=1S/C59H123P/c1-5-9-13-16-19-22-25-28-31-34-37-40-43-46-49-53-57-60(56-52-12-8-4,58-54-50-47-44-41-38-35-32-29-26-23-20-17-14-10-6-2)59-55-51-48-45-42-39-36-33-30-27-24-21-18-15-11-7-3/h60H,5-59H2,1-4H3. The Morgan fingerprint density at radius 3 is 0.383 bits per heavy atom. The minimum absolute atomic E-state index is 1.15. The van der Waals surface area contributed by atoms with Crippen LogP contribution in [0, 0.1) is 0 Å². The predicted molar refractivity (Wildman–Crippen MR) is 286 cm³/mol. The summed E-state index contributed by atoms with van der Waals surface area (Å²) in [5, 5.41) is 0. The van der Waals surface area contributed by atoms with Gasteiger partial charge in [0.1, 0.15) is 0 Å². The summed E-state index contributed by atoms with van der Waals surface area (Å²) < 4.78 is 0. The van der Waals surface area contributed by atoms with E-state index in [1.807, 2.05) is 0 Å². The van der Waals surface area contributed by atoms with Gasteiger partial charge in [0.2, 0.25) is 0 Å². The molecule has 0 nitrogen and oxygen atoms in total. The molecule has 0 spiro atoms. The molecule has 0 amide bonds. The van der Waals surface area contributed by atoms with E-state index in [0.29, 0.717) is 0 Å². The molecular formula is C59H123P. The third-order valence-electron chi connectivity index (χ3n) is 15.0. The van der Waals surface area contributed by atoms with Gasteiger partial charge in [0.25, 0.3) is 0 Å². The van der Waals surface area contributed by atoms with Crippen LogP contribution in [0.1, 0.15) is 355 Å². The zero-order valence-electron chi connectivity index (χ0n) is 43.4. The van der Waals surface area contributed by atoms with Crippen molar-refractivity contribution in [2.75, 3.05) is 24.6 Å². The Labute approximate surface area is 385 Å². The number of rotatable bonds is 55. The molecule has 0 fully saturated rings. The van der Waals surface area contributed by atoms with Crippen molar-refractivity contribution in [3.8, 4) is 0 Å². The van der Waals surface area contributed by atoms with Crippen molar-refractivity contribution in [2.45, 2.75) is 355 Å². The van der Waals surface area contributed by atoms with Crippen LogP contribution in [0.25, 0.3) is 0 Å². The van der Waals surface area contributed by atoms with E-state index < -0.39 is 7.26 Å². The molecule has 0 saturated carbocycles. The Bertz CT molecular complexity index is 641. The number of unbranched alkanes of at least 4 members (excludes halogenated alkanes) is 47. The van der Waals surface area contributed by atoms with Crippen LogP contribution in [-0.2, 0) is 0 Å². The fraction of sp³-hybridized carbons (Fsp3) is 1.00. The SMILES string of the molecule is CCCCCCCCCCCCCCCCCC[PH](CCCCC)(CCCCCCCCCCCCCCCCCC)CCCCCCCCCCCCCCCCCC. The molecule has 0 aromatic carbocycles. The maximum absolute atomic E-state index is 2.43. The molecule has 0 unspecified atom stereocenters. The van der Waals surface area contributed by atoms with Crippen molar-refractivity contribution in [2.24, 2.45) is 0 Å². The molecule has 0 bridgehead atoms. The van der Waals surface area contributed by atoms with Crippen molar-refractivity contribution in [1.82, 2.24) is 0 Å². The van der Waals surface area contributed by atoms with Gasteiger partial charge in [0.15, 0.2) is 0 Å². The number of hydrogen-bond acceptors (Lipinski definition) is 0. The summed E-state index contributed by atoms with van der Waals surface area (Å²) in [7, 11) is -1.15. The minimum Gasteiger partial charge on any atom is -0.0654 e. The van der Waals surface area contributed by atoms with Crippen LogP contribution in [0.4, 0.5) is 0 Å². The molecule has 0 radical (unpaired) electrons. The Balaban J connectivity index is 4.49. The van der Waals surface area contributed by atoms with Crippen LogP contribution in [-0.4, -0.2) is 24.6 Å². The topological polar surface area (TPSA) is 0 Å². The van der Waals surface area contributed by atoms with Crippen LogP contribution in [0.5, 0.6) is 0 Å². The van der Waals surface area contributed by atoms with Crippen molar-refractivity contribution in [1.29, 1.82) is 0 Å². The molecule has 0 atom stereocenters. The monoisotopic (exact) mass is 863 g/mol. The molecule has 0 rings (SSSR count). The van der Waals surface area contributed by atoms with Crippen LogP contribution in [0.3, 0.4) is 0 Å². The van der Waals surface area contributed by atoms with Gasteiger partial charge in [-0.05, 0) is 0 Å². The van der Waals surface area contributed by atoms with Gasteiger partial charge in [-0.25, -0.2) is 0 Å². The van der Waals surface area contributed by atoms with E-state index in [1.165, 1.54) is 283 Å². The maximum atomic E-state index is 2.43. The van der Waals surface area contributed by atoms with Crippen molar-refractivity contribution in [3.63, 3.8) is 0 Å². The molecule has 0 aliphatic rings. The third-order valence-corrected chi connectivity index (χ3v) is 20.6. The molecule has 0 heterocycles. The zero-order chi connectivity index (χ0) is 43.4. The Morgan fingerprint density at radius 1 is 0.133 bits per heavy atom. The quantitative estimate of drug-likeness (QED) is 0.0422. The molecule has 0 aromatic rings. The van der Waals surface area contributed by atoms with Gasteiger partial charge >= 0.3 is 270 Å². The Kier molecular flexibility index (Phi) is 54.2.